The summed E-state index contributed by atoms with van der Waals surface area (Å²) in [4.78, 5) is 0. The molecular weight excluding hydrogens is 330 g/mol. The van der Waals surface area contributed by atoms with Gasteiger partial charge in [-0.2, -0.15) is 0 Å². The lowest BCUT2D eigenvalue weighted by Gasteiger charge is -2.25. The van der Waals surface area contributed by atoms with Gasteiger partial charge in [0, 0.05) is 12.1 Å². The fraction of sp³-hybridized carbons (Fsp3) is 0.455. The maximum absolute atomic E-state index is 11.0. The van der Waals surface area contributed by atoms with Gasteiger partial charge in [-0.15, -0.1) is 12.4 Å². The second-order valence-electron chi connectivity index (χ2n) is 7.18. The molecule has 0 spiro atoms. The molecule has 1 aliphatic carbocycles. The molecule has 1 aliphatic rings. The quantitative estimate of drug-likeness (QED) is 0.751. The molecule has 2 nitrogen and oxygen atoms in total. The van der Waals surface area contributed by atoms with E-state index < -0.39 is 5.60 Å². The maximum atomic E-state index is 11.0. The molecule has 138 valence electrons. The molecular formula is C22H32ClNO. The topological polar surface area (TPSA) is 32.3 Å². The predicted octanol–water partition coefficient (Wildman–Crippen LogP) is 5.52. The minimum atomic E-state index is -0.790. The standard InChI is InChI=1S/C16H16O.C6H15N.ClH/c1-2-11-16(17)14-9-5-3-7-12(14)13-8-4-6-10-15(13)16;1-5(2)7-6(3)4;/h3-10,17H,2,11H2,1H3;5-7H,1-4H3;1H. The van der Waals surface area contributed by atoms with Crippen molar-refractivity contribution in [3.63, 3.8) is 0 Å². The fourth-order valence-corrected chi connectivity index (χ4v) is 3.60. The second kappa shape index (κ2) is 9.38. The van der Waals surface area contributed by atoms with Crippen LogP contribution in [0.1, 0.15) is 58.6 Å². The van der Waals surface area contributed by atoms with Crippen molar-refractivity contribution in [3.05, 3.63) is 59.7 Å². The molecule has 0 amide bonds. The molecule has 3 rings (SSSR count). The zero-order valence-electron chi connectivity index (χ0n) is 16.0. The SMILES string of the molecule is CC(C)NC(C)C.CCCC1(O)c2ccccc2-c2ccccc21.Cl. The zero-order chi connectivity index (χ0) is 17.7. The molecule has 0 saturated heterocycles. The highest BCUT2D eigenvalue weighted by Gasteiger charge is 2.40. The van der Waals surface area contributed by atoms with E-state index in [0.717, 1.165) is 24.0 Å². The van der Waals surface area contributed by atoms with Gasteiger partial charge in [0.1, 0.15) is 5.60 Å². The van der Waals surface area contributed by atoms with E-state index in [9.17, 15) is 5.11 Å². The summed E-state index contributed by atoms with van der Waals surface area (Å²) in [7, 11) is 0. The van der Waals surface area contributed by atoms with Crippen molar-refractivity contribution in [2.45, 2.75) is 65.1 Å². The predicted molar refractivity (Wildman–Crippen MR) is 110 cm³/mol. The summed E-state index contributed by atoms with van der Waals surface area (Å²) in [6.07, 6.45) is 1.75. The van der Waals surface area contributed by atoms with Crippen LogP contribution in [0.4, 0.5) is 0 Å². The Labute approximate surface area is 159 Å². The molecule has 0 bridgehead atoms. The molecule has 3 heteroatoms. The van der Waals surface area contributed by atoms with Crippen LogP contribution in [0, 0.1) is 0 Å². The Morgan fingerprint density at radius 1 is 0.840 bits per heavy atom. The first-order valence-electron chi connectivity index (χ1n) is 9.08. The third-order valence-corrected chi connectivity index (χ3v) is 4.31. The van der Waals surface area contributed by atoms with Crippen LogP contribution >= 0.6 is 12.4 Å². The van der Waals surface area contributed by atoms with E-state index >= 15 is 0 Å². The van der Waals surface area contributed by atoms with Gasteiger partial charge >= 0.3 is 0 Å². The highest BCUT2D eigenvalue weighted by molar-refractivity contribution is 5.85. The third kappa shape index (κ3) is 4.84. The molecule has 0 heterocycles. The lowest BCUT2D eigenvalue weighted by molar-refractivity contribution is 0.0750. The highest BCUT2D eigenvalue weighted by atomic mass is 35.5. The van der Waals surface area contributed by atoms with Crippen molar-refractivity contribution < 1.29 is 5.11 Å². The van der Waals surface area contributed by atoms with E-state index in [1.165, 1.54) is 11.1 Å². The average Bonchev–Trinajstić information content (AvgIpc) is 2.78. The van der Waals surface area contributed by atoms with Crippen molar-refractivity contribution in [1.29, 1.82) is 0 Å². The molecule has 0 radical (unpaired) electrons. The van der Waals surface area contributed by atoms with Gasteiger partial charge in [0.25, 0.3) is 0 Å². The Morgan fingerprint density at radius 2 is 1.24 bits per heavy atom. The Balaban J connectivity index is 0.000000339. The molecule has 0 atom stereocenters. The van der Waals surface area contributed by atoms with Gasteiger partial charge in [-0.3, -0.25) is 0 Å². The number of nitrogens with one attached hydrogen (secondary N) is 1. The minimum Gasteiger partial charge on any atom is -0.380 e. The molecule has 0 fully saturated rings. The van der Waals surface area contributed by atoms with Crippen LogP contribution in [0.3, 0.4) is 0 Å². The summed E-state index contributed by atoms with van der Waals surface area (Å²) in [5, 5.41) is 14.3. The largest absolute Gasteiger partial charge is 0.380 e. The van der Waals surface area contributed by atoms with Crippen LogP contribution < -0.4 is 5.32 Å². The number of hydrogen-bond acceptors (Lipinski definition) is 2. The Hall–Kier alpha value is -1.35. The number of aliphatic hydroxyl groups is 1. The molecule has 2 aromatic rings. The monoisotopic (exact) mass is 361 g/mol. The van der Waals surface area contributed by atoms with Gasteiger partial charge in [0.15, 0.2) is 0 Å². The normalized spacial score (nSPS) is 13.6. The molecule has 2 N–H and O–H groups in total. The zero-order valence-corrected chi connectivity index (χ0v) is 16.9. The van der Waals surface area contributed by atoms with Crippen molar-refractivity contribution in [2.24, 2.45) is 0 Å². The smallest absolute Gasteiger partial charge is 0.116 e. The Morgan fingerprint density at radius 3 is 1.56 bits per heavy atom. The molecule has 2 aromatic carbocycles. The number of rotatable bonds is 4. The number of halogens is 1. The molecule has 0 aliphatic heterocycles. The summed E-state index contributed by atoms with van der Waals surface area (Å²) in [5.41, 5.74) is 3.69. The van der Waals surface area contributed by atoms with Gasteiger partial charge in [-0.25, -0.2) is 0 Å². The van der Waals surface area contributed by atoms with Crippen LogP contribution in [0.5, 0.6) is 0 Å². The minimum absolute atomic E-state index is 0. The molecule has 0 saturated carbocycles. The van der Waals surface area contributed by atoms with E-state index in [2.05, 4.69) is 52.1 Å². The van der Waals surface area contributed by atoms with Gasteiger partial charge < -0.3 is 10.4 Å². The Bertz CT molecular complexity index is 615. The number of benzene rings is 2. The highest BCUT2D eigenvalue weighted by Crippen LogP contribution is 2.49. The van der Waals surface area contributed by atoms with Crippen molar-refractivity contribution >= 4 is 12.4 Å². The first-order valence-corrected chi connectivity index (χ1v) is 9.08. The molecule has 0 aromatic heterocycles. The van der Waals surface area contributed by atoms with Gasteiger partial charge in [-0.05, 0) is 28.7 Å². The van der Waals surface area contributed by atoms with Crippen molar-refractivity contribution in [2.75, 3.05) is 0 Å². The summed E-state index contributed by atoms with van der Waals surface area (Å²) in [6.45, 7) is 10.7. The molecule has 25 heavy (non-hydrogen) atoms. The number of hydrogen-bond donors (Lipinski definition) is 2. The summed E-state index contributed by atoms with van der Waals surface area (Å²) >= 11 is 0. The summed E-state index contributed by atoms with van der Waals surface area (Å²) in [6, 6.07) is 17.6. The van der Waals surface area contributed by atoms with Crippen LogP contribution in [0.15, 0.2) is 48.5 Å². The van der Waals surface area contributed by atoms with E-state index in [1.54, 1.807) is 0 Å². The lowest BCUT2D eigenvalue weighted by Crippen LogP contribution is -2.29. The van der Waals surface area contributed by atoms with Crippen LogP contribution in [-0.2, 0) is 5.60 Å². The van der Waals surface area contributed by atoms with Crippen molar-refractivity contribution in [1.82, 2.24) is 5.32 Å². The van der Waals surface area contributed by atoms with E-state index in [-0.39, 0.29) is 12.4 Å². The fourth-order valence-electron chi connectivity index (χ4n) is 3.60. The van der Waals surface area contributed by atoms with Crippen LogP contribution in [-0.4, -0.2) is 17.2 Å². The van der Waals surface area contributed by atoms with Gasteiger partial charge in [0.2, 0.25) is 0 Å². The Kier molecular flexibility index (Phi) is 8.14. The van der Waals surface area contributed by atoms with Gasteiger partial charge in [0.05, 0.1) is 0 Å². The van der Waals surface area contributed by atoms with E-state index in [0.29, 0.717) is 12.1 Å². The lowest BCUT2D eigenvalue weighted by atomic mass is 9.87. The average molecular weight is 362 g/mol. The second-order valence-corrected chi connectivity index (χ2v) is 7.18. The maximum Gasteiger partial charge on any atom is 0.116 e. The van der Waals surface area contributed by atoms with Crippen molar-refractivity contribution in [3.8, 4) is 11.1 Å². The summed E-state index contributed by atoms with van der Waals surface area (Å²) < 4.78 is 0. The van der Waals surface area contributed by atoms with Crippen LogP contribution in [0.2, 0.25) is 0 Å². The first-order chi connectivity index (χ1) is 11.4. The van der Waals surface area contributed by atoms with E-state index in [4.69, 9.17) is 0 Å². The van der Waals surface area contributed by atoms with E-state index in [1.807, 2.05) is 36.4 Å². The molecule has 0 unspecified atom stereocenters. The van der Waals surface area contributed by atoms with Gasteiger partial charge in [-0.1, -0.05) is 89.6 Å². The number of fused-ring (bicyclic) bond motifs is 3. The third-order valence-electron chi connectivity index (χ3n) is 4.31. The first kappa shape index (κ1) is 21.7. The van der Waals surface area contributed by atoms with Crippen LogP contribution in [0.25, 0.3) is 11.1 Å². The summed E-state index contributed by atoms with van der Waals surface area (Å²) in [5.74, 6) is 0.